The maximum absolute atomic E-state index is 5.63. The van der Waals surface area contributed by atoms with Gasteiger partial charge in [0.1, 0.15) is 0 Å². The number of rotatable bonds is 5. The molecule has 1 saturated carbocycles. The third-order valence-corrected chi connectivity index (χ3v) is 4.33. The highest BCUT2D eigenvalue weighted by atomic mass is 31.0. The van der Waals surface area contributed by atoms with Gasteiger partial charge in [0.05, 0.1) is 0 Å². The molecule has 0 spiro atoms. The molecule has 5 atom stereocenters. The fraction of sp³-hybridized carbons (Fsp3) is 1.00. The third kappa shape index (κ3) is 2.44. The highest BCUT2D eigenvalue weighted by Crippen LogP contribution is 2.46. The average Bonchev–Trinajstić information content (AvgIpc) is 2.82. The molecule has 1 fully saturated rings. The molecule has 0 saturated heterocycles. The van der Waals surface area contributed by atoms with Crippen molar-refractivity contribution in [3.05, 3.63) is 0 Å². The van der Waals surface area contributed by atoms with E-state index in [4.69, 9.17) is 5.73 Å². The largest absolute Gasteiger partial charge is 0.330 e. The van der Waals surface area contributed by atoms with Crippen molar-refractivity contribution in [1.29, 1.82) is 0 Å². The summed E-state index contributed by atoms with van der Waals surface area (Å²) >= 11 is 0. The molecule has 0 aromatic heterocycles. The molecule has 2 N–H and O–H groups in total. The summed E-state index contributed by atoms with van der Waals surface area (Å²) < 4.78 is 0. The Bertz CT molecular complexity index is 136. The maximum Gasteiger partial charge on any atom is -0.00459 e. The molecular formula is C10H22NP. The zero-order valence-corrected chi connectivity index (χ0v) is 9.45. The second kappa shape index (κ2) is 4.58. The number of hydrogen-bond donors (Lipinski definition) is 1. The van der Waals surface area contributed by atoms with Crippen molar-refractivity contribution >= 4 is 9.24 Å². The van der Waals surface area contributed by atoms with Crippen LogP contribution in [0.2, 0.25) is 0 Å². The lowest BCUT2D eigenvalue weighted by molar-refractivity contribution is 0.457. The molecule has 0 bridgehead atoms. The molecule has 2 heteroatoms. The first-order valence-electron chi connectivity index (χ1n) is 5.16. The Balaban J connectivity index is 2.24. The van der Waals surface area contributed by atoms with E-state index < -0.39 is 0 Å². The van der Waals surface area contributed by atoms with E-state index in [0.717, 1.165) is 30.0 Å². The molecule has 1 rings (SSSR count). The first-order valence-corrected chi connectivity index (χ1v) is 5.83. The zero-order chi connectivity index (χ0) is 9.14. The van der Waals surface area contributed by atoms with Crippen LogP contribution in [-0.2, 0) is 0 Å². The smallest absolute Gasteiger partial charge is 0.00459 e. The first-order chi connectivity index (χ1) is 5.70. The molecule has 1 aliphatic rings. The molecular weight excluding hydrogens is 165 g/mol. The third-order valence-electron chi connectivity index (χ3n) is 3.18. The summed E-state index contributed by atoms with van der Waals surface area (Å²) in [5.74, 6) is 2.62. The summed E-state index contributed by atoms with van der Waals surface area (Å²) in [6.07, 6.45) is 4.05. The molecule has 0 aromatic carbocycles. The van der Waals surface area contributed by atoms with Gasteiger partial charge in [-0.2, -0.15) is 0 Å². The molecule has 0 aliphatic heterocycles. The summed E-state index contributed by atoms with van der Waals surface area (Å²) in [6, 6.07) is 0. The average molecular weight is 187 g/mol. The topological polar surface area (TPSA) is 26.0 Å². The van der Waals surface area contributed by atoms with E-state index >= 15 is 0 Å². The van der Waals surface area contributed by atoms with Crippen LogP contribution in [0, 0.1) is 17.8 Å². The minimum atomic E-state index is 0.818. The van der Waals surface area contributed by atoms with E-state index in [2.05, 4.69) is 23.1 Å². The molecule has 0 heterocycles. The summed E-state index contributed by atoms with van der Waals surface area (Å²) in [4.78, 5) is 0. The van der Waals surface area contributed by atoms with Crippen LogP contribution in [0.3, 0.4) is 0 Å². The normalized spacial score (nSPS) is 33.0. The fourth-order valence-electron chi connectivity index (χ4n) is 2.08. The summed E-state index contributed by atoms with van der Waals surface area (Å²) in [5.41, 5.74) is 6.44. The van der Waals surface area contributed by atoms with Crippen LogP contribution in [0.4, 0.5) is 0 Å². The van der Waals surface area contributed by atoms with Crippen LogP contribution >= 0.6 is 9.24 Å². The Morgan fingerprint density at radius 1 is 1.58 bits per heavy atom. The Morgan fingerprint density at radius 3 is 2.67 bits per heavy atom. The van der Waals surface area contributed by atoms with Gasteiger partial charge >= 0.3 is 0 Å². The van der Waals surface area contributed by atoms with Crippen molar-refractivity contribution < 1.29 is 0 Å². The zero-order valence-electron chi connectivity index (χ0n) is 8.29. The quantitative estimate of drug-likeness (QED) is 0.656. The van der Waals surface area contributed by atoms with Crippen LogP contribution in [0.5, 0.6) is 0 Å². The SMILES string of the molecule is CCCC(C)C(P)C1CC1CN. The van der Waals surface area contributed by atoms with Gasteiger partial charge in [-0.1, -0.05) is 26.7 Å². The van der Waals surface area contributed by atoms with Gasteiger partial charge in [-0.05, 0) is 36.4 Å². The molecule has 1 nitrogen and oxygen atoms in total. The van der Waals surface area contributed by atoms with Crippen molar-refractivity contribution in [3.8, 4) is 0 Å². The van der Waals surface area contributed by atoms with E-state index in [-0.39, 0.29) is 0 Å². The van der Waals surface area contributed by atoms with E-state index in [1.54, 1.807) is 0 Å². The van der Waals surface area contributed by atoms with Gasteiger partial charge in [0.25, 0.3) is 0 Å². The highest BCUT2D eigenvalue weighted by molar-refractivity contribution is 7.17. The Morgan fingerprint density at radius 2 is 2.25 bits per heavy atom. The van der Waals surface area contributed by atoms with Crippen LogP contribution in [0.15, 0.2) is 0 Å². The summed E-state index contributed by atoms with van der Waals surface area (Å²) in [7, 11) is 3.02. The van der Waals surface area contributed by atoms with Gasteiger partial charge in [0.2, 0.25) is 0 Å². The second-order valence-corrected chi connectivity index (χ2v) is 5.01. The molecule has 5 unspecified atom stereocenters. The van der Waals surface area contributed by atoms with Crippen molar-refractivity contribution in [3.63, 3.8) is 0 Å². The lowest BCUT2D eigenvalue weighted by atomic mass is 9.98. The van der Waals surface area contributed by atoms with Crippen molar-refractivity contribution in [2.75, 3.05) is 6.54 Å². The van der Waals surface area contributed by atoms with Gasteiger partial charge in [-0.15, -0.1) is 9.24 Å². The van der Waals surface area contributed by atoms with Crippen molar-refractivity contribution in [2.24, 2.45) is 23.5 Å². The van der Waals surface area contributed by atoms with Crippen LogP contribution in [0.25, 0.3) is 0 Å². The van der Waals surface area contributed by atoms with Gasteiger partial charge in [0, 0.05) is 0 Å². The lowest BCUT2D eigenvalue weighted by Gasteiger charge is -2.18. The fourth-order valence-corrected chi connectivity index (χ4v) is 2.75. The molecule has 1 aliphatic carbocycles. The highest BCUT2D eigenvalue weighted by Gasteiger charge is 2.41. The number of hydrogen-bond acceptors (Lipinski definition) is 1. The van der Waals surface area contributed by atoms with Crippen molar-refractivity contribution in [2.45, 2.75) is 38.8 Å². The van der Waals surface area contributed by atoms with E-state index in [1.807, 2.05) is 0 Å². The Hall–Kier alpha value is 0.390. The van der Waals surface area contributed by atoms with Crippen LogP contribution in [0.1, 0.15) is 33.1 Å². The monoisotopic (exact) mass is 187 g/mol. The van der Waals surface area contributed by atoms with Gasteiger partial charge in [-0.3, -0.25) is 0 Å². The van der Waals surface area contributed by atoms with Crippen LogP contribution in [-0.4, -0.2) is 12.2 Å². The second-order valence-electron chi connectivity index (χ2n) is 4.24. The Kier molecular flexibility index (Phi) is 3.99. The predicted molar refractivity (Wildman–Crippen MR) is 58.2 cm³/mol. The van der Waals surface area contributed by atoms with E-state index in [9.17, 15) is 0 Å². The summed E-state index contributed by atoms with van der Waals surface area (Å²) in [5, 5.41) is 0. The summed E-state index contributed by atoms with van der Waals surface area (Å²) in [6.45, 7) is 5.53. The van der Waals surface area contributed by atoms with Gasteiger partial charge in [-0.25, -0.2) is 0 Å². The standard InChI is InChI=1S/C10H22NP/c1-3-4-7(2)10(12)9-5-8(9)6-11/h7-10H,3-6,11-12H2,1-2H3. The van der Waals surface area contributed by atoms with Gasteiger partial charge < -0.3 is 5.73 Å². The first kappa shape index (κ1) is 10.5. The molecule has 72 valence electrons. The molecule has 0 radical (unpaired) electrons. The van der Waals surface area contributed by atoms with E-state index in [1.165, 1.54) is 19.3 Å². The Labute approximate surface area is 78.7 Å². The molecule has 0 amide bonds. The van der Waals surface area contributed by atoms with Gasteiger partial charge in [0.15, 0.2) is 0 Å². The minimum Gasteiger partial charge on any atom is -0.330 e. The number of nitrogens with two attached hydrogens (primary N) is 1. The van der Waals surface area contributed by atoms with E-state index in [0.29, 0.717) is 0 Å². The van der Waals surface area contributed by atoms with Crippen molar-refractivity contribution in [1.82, 2.24) is 0 Å². The lowest BCUT2D eigenvalue weighted by Crippen LogP contribution is -2.16. The maximum atomic E-state index is 5.63. The molecule has 0 aromatic rings. The van der Waals surface area contributed by atoms with Crippen LogP contribution < -0.4 is 5.73 Å². The minimum absolute atomic E-state index is 0.818. The predicted octanol–water partition coefficient (Wildman–Crippen LogP) is 2.26. The molecule has 12 heavy (non-hydrogen) atoms.